The molecule has 1 aliphatic rings. The summed E-state index contributed by atoms with van der Waals surface area (Å²) < 4.78 is 5.49. The first-order chi connectivity index (χ1) is 14.4. The van der Waals surface area contributed by atoms with E-state index in [1.165, 1.54) is 0 Å². The summed E-state index contributed by atoms with van der Waals surface area (Å²) in [6, 6.07) is 14.1. The maximum absolute atomic E-state index is 5.49. The van der Waals surface area contributed by atoms with Gasteiger partial charge in [-0.05, 0) is 24.3 Å². The van der Waals surface area contributed by atoms with Crippen LogP contribution in [0.5, 0.6) is 0 Å². The number of hydrogen-bond acceptors (Lipinski definition) is 7. The first-order valence-electron chi connectivity index (χ1n) is 9.55. The summed E-state index contributed by atoms with van der Waals surface area (Å²) in [5.74, 6) is 2.10. The molecule has 0 spiro atoms. The van der Waals surface area contributed by atoms with Gasteiger partial charge in [0.15, 0.2) is 11.0 Å². The number of nitrogens with zero attached hydrogens (tertiary/aromatic N) is 5. The fourth-order valence-electron chi connectivity index (χ4n) is 3.34. The summed E-state index contributed by atoms with van der Waals surface area (Å²) in [6.07, 6.45) is 3.75. The molecule has 29 heavy (non-hydrogen) atoms. The van der Waals surface area contributed by atoms with Crippen LogP contribution in [0.1, 0.15) is 5.69 Å². The zero-order valence-electron chi connectivity index (χ0n) is 15.8. The highest BCUT2D eigenvalue weighted by Crippen LogP contribution is 2.29. The number of benzene rings is 1. The van der Waals surface area contributed by atoms with Crippen molar-refractivity contribution in [2.45, 2.75) is 10.9 Å². The third-order valence-corrected chi connectivity index (χ3v) is 5.69. The van der Waals surface area contributed by atoms with Crippen LogP contribution in [0.4, 0.5) is 5.95 Å². The van der Waals surface area contributed by atoms with E-state index in [1.807, 2.05) is 30.5 Å². The van der Waals surface area contributed by atoms with Crippen LogP contribution < -0.4 is 4.90 Å². The first-order valence-corrected chi connectivity index (χ1v) is 10.5. The number of aromatic nitrogens is 5. The molecule has 0 unspecified atom stereocenters. The molecule has 7 nitrogen and oxygen atoms in total. The Morgan fingerprint density at radius 3 is 2.79 bits per heavy atom. The molecule has 1 aliphatic heterocycles. The normalized spacial score (nSPS) is 14.4. The number of anilines is 1. The van der Waals surface area contributed by atoms with Gasteiger partial charge in [0, 0.05) is 47.7 Å². The van der Waals surface area contributed by atoms with E-state index in [4.69, 9.17) is 19.7 Å². The molecule has 0 radical (unpaired) electrons. The van der Waals surface area contributed by atoms with Crippen molar-refractivity contribution in [1.29, 1.82) is 0 Å². The number of fused-ring (bicyclic) bond motifs is 1. The van der Waals surface area contributed by atoms with Gasteiger partial charge in [-0.15, -0.1) is 0 Å². The predicted octanol–water partition coefficient (Wildman–Crippen LogP) is 3.54. The number of H-pyrrole nitrogens is 1. The Labute approximate surface area is 172 Å². The summed E-state index contributed by atoms with van der Waals surface area (Å²) in [5, 5.41) is 1.81. The number of pyridine rings is 1. The molecule has 8 heteroatoms. The van der Waals surface area contributed by atoms with Crippen LogP contribution >= 0.6 is 11.8 Å². The number of aromatic amines is 1. The summed E-state index contributed by atoms with van der Waals surface area (Å²) in [6.45, 7) is 2.93. The molecule has 0 saturated carbocycles. The standard InChI is InChI=1S/C21H20N6OS/c1-2-8-22-15(4-1)14-29-21-25-19(17-5-3-6-18-16(17)7-9-23-18)24-20(26-21)27-10-12-28-13-11-27/h1-9,23H,10-14H2. The Hall–Kier alpha value is -2.97. The summed E-state index contributed by atoms with van der Waals surface area (Å²) >= 11 is 1.58. The van der Waals surface area contributed by atoms with Crippen LogP contribution in [0.2, 0.25) is 0 Å². The first kappa shape index (κ1) is 18.1. The smallest absolute Gasteiger partial charge is 0.230 e. The van der Waals surface area contributed by atoms with Gasteiger partial charge in [0.2, 0.25) is 5.95 Å². The van der Waals surface area contributed by atoms with E-state index in [0.29, 0.717) is 35.9 Å². The van der Waals surface area contributed by atoms with Gasteiger partial charge in [-0.2, -0.15) is 9.97 Å². The lowest BCUT2D eigenvalue weighted by molar-refractivity contribution is 0.122. The second-order valence-corrected chi connectivity index (χ2v) is 7.64. The van der Waals surface area contributed by atoms with Crippen molar-refractivity contribution in [3.8, 4) is 11.4 Å². The SMILES string of the molecule is c1ccc(CSc2nc(-c3cccc4[nH]ccc34)nc(N3CCOCC3)n2)nc1. The van der Waals surface area contributed by atoms with Gasteiger partial charge in [-0.25, -0.2) is 4.98 Å². The summed E-state index contributed by atoms with van der Waals surface area (Å²) in [7, 11) is 0. The van der Waals surface area contributed by atoms with E-state index in [9.17, 15) is 0 Å². The zero-order valence-corrected chi connectivity index (χ0v) is 16.6. The van der Waals surface area contributed by atoms with Gasteiger partial charge >= 0.3 is 0 Å². The Bertz CT molecular complexity index is 1110. The lowest BCUT2D eigenvalue weighted by Gasteiger charge is -2.27. The van der Waals surface area contributed by atoms with Crippen molar-refractivity contribution in [3.05, 3.63) is 60.6 Å². The fourth-order valence-corrected chi connectivity index (χ4v) is 4.08. The molecule has 3 aromatic heterocycles. The molecule has 5 rings (SSSR count). The number of ether oxygens (including phenoxy) is 1. The fraction of sp³-hybridized carbons (Fsp3) is 0.238. The van der Waals surface area contributed by atoms with E-state index in [2.05, 4.69) is 33.1 Å². The Morgan fingerprint density at radius 1 is 1.00 bits per heavy atom. The van der Waals surface area contributed by atoms with Crippen molar-refractivity contribution < 1.29 is 4.74 Å². The van der Waals surface area contributed by atoms with Crippen LogP contribution in [0.3, 0.4) is 0 Å². The second kappa shape index (κ2) is 8.18. The second-order valence-electron chi connectivity index (χ2n) is 6.70. The highest BCUT2D eigenvalue weighted by molar-refractivity contribution is 7.98. The minimum absolute atomic E-state index is 0.685. The summed E-state index contributed by atoms with van der Waals surface area (Å²) in [4.78, 5) is 24.2. The molecule has 1 saturated heterocycles. The maximum atomic E-state index is 5.49. The largest absolute Gasteiger partial charge is 0.378 e. The zero-order chi connectivity index (χ0) is 19.5. The molecule has 4 aromatic rings. The summed E-state index contributed by atoms with van der Waals surface area (Å²) in [5.41, 5.74) is 3.07. The quantitative estimate of drug-likeness (QED) is 0.510. The molecular weight excluding hydrogens is 384 g/mol. The number of nitrogens with one attached hydrogen (secondary N) is 1. The molecule has 4 heterocycles. The van der Waals surface area contributed by atoms with Crippen molar-refractivity contribution in [1.82, 2.24) is 24.9 Å². The van der Waals surface area contributed by atoms with Gasteiger partial charge in [0.1, 0.15) is 0 Å². The average Bonchev–Trinajstić information content (AvgIpc) is 3.28. The molecule has 146 valence electrons. The minimum atomic E-state index is 0.685. The van der Waals surface area contributed by atoms with Crippen LogP contribution in [0.25, 0.3) is 22.3 Å². The lowest BCUT2D eigenvalue weighted by Crippen LogP contribution is -2.37. The molecular formula is C21H20N6OS. The molecule has 1 aromatic carbocycles. The lowest BCUT2D eigenvalue weighted by atomic mass is 10.1. The highest BCUT2D eigenvalue weighted by atomic mass is 32.2. The monoisotopic (exact) mass is 404 g/mol. The molecule has 1 N–H and O–H groups in total. The molecule has 0 aliphatic carbocycles. The topological polar surface area (TPSA) is 79.8 Å². The predicted molar refractivity (Wildman–Crippen MR) is 114 cm³/mol. The van der Waals surface area contributed by atoms with Gasteiger partial charge < -0.3 is 14.6 Å². The van der Waals surface area contributed by atoms with Crippen LogP contribution in [0.15, 0.2) is 60.0 Å². The van der Waals surface area contributed by atoms with E-state index in [-0.39, 0.29) is 0 Å². The molecule has 0 atom stereocenters. The van der Waals surface area contributed by atoms with E-state index >= 15 is 0 Å². The van der Waals surface area contributed by atoms with Gasteiger partial charge in [0.05, 0.1) is 18.9 Å². The van der Waals surface area contributed by atoms with Crippen molar-refractivity contribution in [3.63, 3.8) is 0 Å². The van der Waals surface area contributed by atoms with E-state index in [0.717, 1.165) is 35.2 Å². The molecule has 1 fully saturated rings. The van der Waals surface area contributed by atoms with Crippen LogP contribution in [-0.4, -0.2) is 51.2 Å². The number of thioether (sulfide) groups is 1. The average molecular weight is 404 g/mol. The Balaban J connectivity index is 1.53. The maximum Gasteiger partial charge on any atom is 0.230 e. The van der Waals surface area contributed by atoms with Crippen molar-refractivity contribution >= 4 is 28.6 Å². The van der Waals surface area contributed by atoms with Crippen LogP contribution in [-0.2, 0) is 10.5 Å². The van der Waals surface area contributed by atoms with Gasteiger partial charge in [-0.3, -0.25) is 4.98 Å². The molecule has 0 bridgehead atoms. The van der Waals surface area contributed by atoms with E-state index in [1.54, 1.807) is 18.0 Å². The third kappa shape index (κ3) is 3.94. The van der Waals surface area contributed by atoms with Crippen molar-refractivity contribution in [2.24, 2.45) is 0 Å². The number of hydrogen-bond donors (Lipinski definition) is 1. The number of morpholine rings is 1. The minimum Gasteiger partial charge on any atom is -0.378 e. The Kier molecular flexibility index (Phi) is 5.10. The number of rotatable bonds is 5. The van der Waals surface area contributed by atoms with Crippen LogP contribution in [0, 0.1) is 0 Å². The van der Waals surface area contributed by atoms with Crippen molar-refractivity contribution in [2.75, 3.05) is 31.2 Å². The Morgan fingerprint density at radius 2 is 1.93 bits per heavy atom. The highest BCUT2D eigenvalue weighted by Gasteiger charge is 2.18. The third-order valence-electron chi connectivity index (χ3n) is 4.81. The van der Waals surface area contributed by atoms with E-state index < -0.39 is 0 Å². The van der Waals surface area contributed by atoms with Gasteiger partial charge in [0.25, 0.3) is 0 Å². The van der Waals surface area contributed by atoms with Gasteiger partial charge in [-0.1, -0.05) is 30.0 Å². The molecule has 0 amide bonds.